The molecule has 2 aliphatic rings. The molecule has 164 valence electrons. The maximum absolute atomic E-state index is 13.2. The monoisotopic (exact) mass is 508 g/mol. The zero-order chi connectivity index (χ0) is 22.5. The number of hydrogen-bond acceptors (Lipinski definition) is 3. The number of halogens is 1. The number of para-hydroxylation sites is 1. The summed E-state index contributed by atoms with van der Waals surface area (Å²) in [6.45, 7) is 3.83. The molecule has 1 aliphatic heterocycles. The van der Waals surface area contributed by atoms with Crippen LogP contribution in [0.4, 0.5) is 11.4 Å². The lowest BCUT2D eigenvalue weighted by Crippen LogP contribution is -2.29. The van der Waals surface area contributed by atoms with Crippen molar-refractivity contribution in [3.63, 3.8) is 0 Å². The van der Waals surface area contributed by atoms with Crippen LogP contribution >= 0.6 is 15.9 Å². The van der Waals surface area contributed by atoms with E-state index in [1.807, 2.05) is 44.2 Å². The van der Waals surface area contributed by atoms with E-state index in [9.17, 15) is 8.42 Å². The van der Waals surface area contributed by atoms with Crippen LogP contribution in [0, 0.1) is 19.8 Å². The summed E-state index contributed by atoms with van der Waals surface area (Å²) in [5, 5.41) is 3.68. The zero-order valence-corrected chi connectivity index (χ0v) is 20.4. The molecule has 2 N–H and O–H groups in total. The van der Waals surface area contributed by atoms with E-state index in [4.69, 9.17) is 0 Å². The second-order valence-electron chi connectivity index (χ2n) is 8.65. The van der Waals surface area contributed by atoms with E-state index < -0.39 is 10.0 Å². The smallest absolute Gasteiger partial charge is 0.261 e. The van der Waals surface area contributed by atoms with Crippen LogP contribution in [0.1, 0.15) is 40.6 Å². The predicted molar refractivity (Wildman–Crippen MR) is 134 cm³/mol. The third-order valence-electron chi connectivity index (χ3n) is 6.59. The van der Waals surface area contributed by atoms with Gasteiger partial charge in [0.2, 0.25) is 0 Å². The molecular formula is C26H25BrN2O2S. The molecule has 6 heteroatoms. The lowest BCUT2D eigenvalue weighted by atomic mass is 9.77. The fourth-order valence-electron chi connectivity index (χ4n) is 4.91. The van der Waals surface area contributed by atoms with E-state index in [1.54, 1.807) is 6.07 Å². The molecule has 3 aromatic carbocycles. The summed E-state index contributed by atoms with van der Waals surface area (Å²) in [5.74, 6) is 0.545. The van der Waals surface area contributed by atoms with Crippen LogP contribution in [0.2, 0.25) is 0 Å². The molecule has 0 saturated heterocycles. The molecular weight excluding hydrogens is 484 g/mol. The number of rotatable bonds is 4. The van der Waals surface area contributed by atoms with E-state index in [-0.39, 0.29) is 12.0 Å². The maximum atomic E-state index is 13.2. The van der Waals surface area contributed by atoms with Gasteiger partial charge in [-0.2, -0.15) is 0 Å². The van der Waals surface area contributed by atoms with Crippen molar-refractivity contribution in [1.82, 2.24) is 0 Å². The van der Waals surface area contributed by atoms with Gasteiger partial charge in [0, 0.05) is 16.1 Å². The summed E-state index contributed by atoms with van der Waals surface area (Å²) in [5.41, 5.74) is 5.75. The minimum absolute atomic E-state index is 0.186. The molecule has 0 amide bonds. The number of anilines is 2. The summed E-state index contributed by atoms with van der Waals surface area (Å²) >= 11 is 3.52. The molecule has 0 aromatic heterocycles. The number of benzene rings is 3. The van der Waals surface area contributed by atoms with Gasteiger partial charge in [0.25, 0.3) is 10.0 Å². The standard InChI is InChI=1S/C26H25BrN2O2S/c1-16-5-3-6-17(2)25(16)29-32(30,31)20-13-14-24-23(15-20)21-7-4-8-22(21)26(28-24)18-9-11-19(27)12-10-18/h3-7,9-15,21-22,26,28-29H,8H2,1-2H3. The van der Waals surface area contributed by atoms with Crippen LogP contribution in [0.5, 0.6) is 0 Å². The summed E-state index contributed by atoms with van der Waals surface area (Å²) < 4.78 is 30.4. The Labute approximate surface area is 197 Å². The highest BCUT2D eigenvalue weighted by Crippen LogP contribution is 2.50. The van der Waals surface area contributed by atoms with Gasteiger partial charge in [0.15, 0.2) is 0 Å². The minimum Gasteiger partial charge on any atom is -0.378 e. The Morgan fingerprint density at radius 1 is 1.00 bits per heavy atom. The van der Waals surface area contributed by atoms with Gasteiger partial charge in [-0.25, -0.2) is 8.42 Å². The molecule has 32 heavy (non-hydrogen) atoms. The van der Waals surface area contributed by atoms with E-state index in [0.29, 0.717) is 16.5 Å². The van der Waals surface area contributed by atoms with Crippen LogP contribution in [0.15, 0.2) is 82.2 Å². The molecule has 0 spiro atoms. The molecule has 0 saturated carbocycles. The molecule has 3 atom stereocenters. The van der Waals surface area contributed by atoms with Crippen molar-refractivity contribution in [2.75, 3.05) is 10.0 Å². The molecule has 4 nitrogen and oxygen atoms in total. The first-order valence-corrected chi connectivity index (χ1v) is 13.0. The van der Waals surface area contributed by atoms with Crippen molar-refractivity contribution in [2.24, 2.45) is 5.92 Å². The van der Waals surface area contributed by atoms with E-state index in [1.165, 1.54) is 5.56 Å². The molecule has 0 radical (unpaired) electrons. The Hall–Kier alpha value is -2.57. The van der Waals surface area contributed by atoms with Gasteiger partial charge in [-0.1, -0.05) is 58.4 Å². The quantitative estimate of drug-likeness (QED) is 0.385. The van der Waals surface area contributed by atoms with Gasteiger partial charge >= 0.3 is 0 Å². The maximum Gasteiger partial charge on any atom is 0.261 e. The van der Waals surface area contributed by atoms with Gasteiger partial charge in [-0.05, 0) is 78.8 Å². The van der Waals surface area contributed by atoms with Crippen molar-refractivity contribution in [3.05, 3.63) is 99.5 Å². The molecule has 1 heterocycles. The minimum atomic E-state index is -3.70. The van der Waals surface area contributed by atoms with E-state index >= 15 is 0 Å². The van der Waals surface area contributed by atoms with Crippen molar-refractivity contribution in [1.29, 1.82) is 0 Å². The van der Waals surface area contributed by atoms with Crippen LogP contribution in [-0.2, 0) is 10.0 Å². The molecule has 3 aromatic rings. The highest BCUT2D eigenvalue weighted by atomic mass is 79.9. The summed E-state index contributed by atoms with van der Waals surface area (Å²) in [7, 11) is -3.70. The Bertz CT molecular complexity index is 1300. The molecule has 0 bridgehead atoms. The predicted octanol–water partition coefficient (Wildman–Crippen LogP) is 6.69. The first kappa shape index (κ1) is 21.3. The third-order valence-corrected chi connectivity index (χ3v) is 8.47. The molecule has 1 aliphatic carbocycles. The van der Waals surface area contributed by atoms with E-state index in [0.717, 1.165) is 33.3 Å². The molecule has 5 rings (SSSR count). The Morgan fingerprint density at radius 3 is 2.44 bits per heavy atom. The van der Waals surface area contributed by atoms with Gasteiger partial charge < -0.3 is 5.32 Å². The van der Waals surface area contributed by atoms with Crippen LogP contribution in [-0.4, -0.2) is 8.42 Å². The van der Waals surface area contributed by atoms with Crippen molar-refractivity contribution in [2.45, 2.75) is 37.1 Å². The number of hydrogen-bond donors (Lipinski definition) is 2. The third kappa shape index (κ3) is 3.76. The largest absolute Gasteiger partial charge is 0.378 e. The number of sulfonamides is 1. The van der Waals surface area contributed by atoms with Crippen molar-refractivity contribution >= 4 is 37.3 Å². The normalized spacial score (nSPS) is 21.5. The van der Waals surface area contributed by atoms with Crippen molar-refractivity contribution < 1.29 is 8.42 Å². The first-order valence-electron chi connectivity index (χ1n) is 10.7. The Kier molecular flexibility index (Phi) is 5.38. The number of fused-ring (bicyclic) bond motifs is 3. The van der Waals surface area contributed by atoms with Crippen molar-refractivity contribution in [3.8, 4) is 0 Å². The second kappa shape index (κ2) is 8.09. The average Bonchev–Trinajstić information content (AvgIpc) is 3.26. The van der Waals surface area contributed by atoms with Gasteiger partial charge in [0.05, 0.1) is 16.6 Å². The van der Waals surface area contributed by atoms with Crippen LogP contribution in [0.25, 0.3) is 0 Å². The van der Waals surface area contributed by atoms with Crippen LogP contribution < -0.4 is 10.0 Å². The van der Waals surface area contributed by atoms with Gasteiger partial charge in [0.1, 0.15) is 0 Å². The SMILES string of the molecule is Cc1cccc(C)c1NS(=O)(=O)c1ccc2c(c1)C1C=CCC1C(c1ccc(Br)cc1)N2. The fraction of sp³-hybridized carbons (Fsp3) is 0.231. The van der Waals surface area contributed by atoms with E-state index in [2.05, 4.69) is 62.4 Å². The zero-order valence-electron chi connectivity index (χ0n) is 18.0. The number of allylic oxidation sites excluding steroid dienone is 2. The average molecular weight is 509 g/mol. The fourth-order valence-corrected chi connectivity index (χ4v) is 6.41. The highest BCUT2D eigenvalue weighted by Gasteiger charge is 2.38. The Balaban J connectivity index is 1.50. The molecule has 0 fully saturated rings. The summed E-state index contributed by atoms with van der Waals surface area (Å²) in [6, 6.07) is 19.8. The lowest BCUT2D eigenvalue weighted by Gasteiger charge is -2.37. The number of aryl methyl sites for hydroxylation is 2. The second-order valence-corrected chi connectivity index (χ2v) is 11.2. The highest BCUT2D eigenvalue weighted by molar-refractivity contribution is 9.10. The molecule has 3 unspecified atom stereocenters. The summed E-state index contributed by atoms with van der Waals surface area (Å²) in [4.78, 5) is 0.293. The summed E-state index contributed by atoms with van der Waals surface area (Å²) in [6.07, 6.45) is 5.41. The lowest BCUT2D eigenvalue weighted by molar-refractivity contribution is 0.425. The Morgan fingerprint density at radius 2 is 1.72 bits per heavy atom. The van der Waals surface area contributed by atoms with Crippen LogP contribution in [0.3, 0.4) is 0 Å². The topological polar surface area (TPSA) is 58.2 Å². The number of nitrogens with one attached hydrogen (secondary N) is 2. The first-order chi connectivity index (χ1) is 15.3. The van der Waals surface area contributed by atoms with Gasteiger partial charge in [-0.15, -0.1) is 0 Å². The van der Waals surface area contributed by atoms with Gasteiger partial charge in [-0.3, -0.25) is 4.72 Å².